The molecule has 7 saturated heterocycles. The van der Waals surface area contributed by atoms with Crippen molar-refractivity contribution in [1.29, 1.82) is 0 Å². The molecule has 0 unspecified atom stereocenters. The summed E-state index contributed by atoms with van der Waals surface area (Å²) in [7, 11) is 0. The molecule has 0 bridgehead atoms. The molecule has 0 aliphatic carbocycles. The van der Waals surface area contributed by atoms with E-state index < -0.39 is 243 Å². The standard InChI is InChI=1S/C39H66O33/c40-1-8-15(45)24(54)34(63-8)60-6-13-17(47)19(49)26(56)36(67-13)71-31-14(7-61-39-32(18(48)10(3-42)65-39)72-35-25(55)16(46)9(2-41)64-35)68-38(28(58)22(31)52)70-30-12(5-44)66-37(27(57)21(30)51)69-29-11(4-43)62-33(59)23(53)20(29)50/h8-59H,1-7H2/t8-,9+,10+,11-,12-,13-,14-,15+,16+,17-,18-,19+,20-,21-,22-,23-,24-,25-,26-,27-,28-,29-,30-,31-,32+,33-,34+,35+,36+,37+,38+,39-/m1/s1. The smallest absolute Gasteiger partial charge is 0.187 e. The van der Waals surface area contributed by atoms with Crippen molar-refractivity contribution < 1.29 is 164 Å². The SMILES string of the molecule is OC[C@@H]1O[C@@H](O[C@@H]2[C@H](OC[C@H]3O[C@@H](O[C@H]4[C@H](O)[C@@H](O)[C@H](O[C@H]5[C@H](O)[C@@H](O)[C@H](O)O[C@@H]5CO)O[C@@H]4CO)[C@H](O)[C@@H](O)[C@@H]3O[C@@H]3O[C@H](CO[C@H]4O[C@H](CO)[C@H](O)[C@H]4O)[C@@H](O)[C@H](O)[C@H]3O)O[C@@H](CO)[C@H]2O)[C@H](O)[C@H]1O. The molecule has 0 aromatic carbocycles. The van der Waals surface area contributed by atoms with Crippen molar-refractivity contribution in [2.75, 3.05) is 46.2 Å². The van der Waals surface area contributed by atoms with Gasteiger partial charge in [-0.25, -0.2) is 0 Å². The van der Waals surface area contributed by atoms with Crippen LogP contribution in [0, 0.1) is 0 Å². The maximum Gasteiger partial charge on any atom is 0.187 e. The van der Waals surface area contributed by atoms with E-state index in [9.17, 15) is 102 Å². The third kappa shape index (κ3) is 11.9. The number of hydrogen-bond donors (Lipinski definition) is 20. The van der Waals surface area contributed by atoms with E-state index in [1.54, 1.807) is 0 Å². The van der Waals surface area contributed by atoms with Crippen LogP contribution in [0.1, 0.15) is 0 Å². The van der Waals surface area contributed by atoms with Gasteiger partial charge in [0.2, 0.25) is 0 Å². The fourth-order valence-electron chi connectivity index (χ4n) is 9.17. The third-order valence-corrected chi connectivity index (χ3v) is 13.5. The van der Waals surface area contributed by atoms with E-state index in [4.69, 9.17) is 61.6 Å². The topological polar surface area (TPSA) is 525 Å². The van der Waals surface area contributed by atoms with Gasteiger partial charge in [0, 0.05) is 0 Å². The summed E-state index contributed by atoms with van der Waals surface area (Å²) in [5.74, 6) is 0. The molecule has 7 fully saturated rings. The van der Waals surface area contributed by atoms with Crippen LogP contribution < -0.4 is 0 Å². The summed E-state index contributed by atoms with van der Waals surface area (Å²) < 4.78 is 72.9. The van der Waals surface area contributed by atoms with E-state index in [2.05, 4.69) is 0 Å². The van der Waals surface area contributed by atoms with Gasteiger partial charge in [0.15, 0.2) is 44.0 Å². The highest BCUT2D eigenvalue weighted by Crippen LogP contribution is 2.37. The highest BCUT2D eigenvalue weighted by atomic mass is 16.8. The lowest BCUT2D eigenvalue weighted by Gasteiger charge is -2.49. The number of rotatable bonds is 19. The van der Waals surface area contributed by atoms with Crippen molar-refractivity contribution in [2.24, 2.45) is 0 Å². The molecule has 0 aromatic heterocycles. The summed E-state index contributed by atoms with van der Waals surface area (Å²) in [4.78, 5) is 0. The lowest BCUT2D eigenvalue weighted by atomic mass is 9.95. The summed E-state index contributed by atoms with van der Waals surface area (Å²) in [6, 6.07) is 0. The van der Waals surface area contributed by atoms with E-state index in [-0.39, 0.29) is 0 Å². The Morgan fingerprint density at radius 1 is 0.236 bits per heavy atom. The highest BCUT2D eigenvalue weighted by molar-refractivity contribution is 4.99. The Bertz CT molecular complexity index is 1660. The molecule has 0 spiro atoms. The predicted octanol–water partition coefficient (Wildman–Crippen LogP) is -14.4. The molecule has 33 nitrogen and oxygen atoms in total. The summed E-state index contributed by atoms with van der Waals surface area (Å²) in [6.07, 6.45) is -58.6. The fraction of sp³-hybridized carbons (Fsp3) is 1.00. The second-order valence-electron chi connectivity index (χ2n) is 18.2. The molecule has 0 aromatic rings. The average molecular weight is 1060 g/mol. The van der Waals surface area contributed by atoms with E-state index in [0.29, 0.717) is 0 Å². The van der Waals surface area contributed by atoms with Crippen LogP contribution in [-0.2, 0) is 61.6 Å². The normalized spacial score (nSPS) is 53.3. The summed E-state index contributed by atoms with van der Waals surface area (Å²) in [5, 5.41) is 210. The van der Waals surface area contributed by atoms with E-state index >= 15 is 0 Å². The predicted molar refractivity (Wildman–Crippen MR) is 214 cm³/mol. The van der Waals surface area contributed by atoms with Crippen LogP contribution in [0.25, 0.3) is 0 Å². The Kier molecular flexibility index (Phi) is 20.3. The quantitative estimate of drug-likeness (QED) is 0.0571. The zero-order valence-corrected chi connectivity index (χ0v) is 37.7. The van der Waals surface area contributed by atoms with Crippen LogP contribution in [0.2, 0.25) is 0 Å². The van der Waals surface area contributed by atoms with Crippen molar-refractivity contribution in [3.8, 4) is 0 Å². The number of hydrogen-bond acceptors (Lipinski definition) is 33. The van der Waals surface area contributed by atoms with Gasteiger partial charge in [-0.2, -0.15) is 0 Å². The molecular weight excluding hydrogens is 996 g/mol. The molecule has 32 atom stereocenters. The molecule has 7 aliphatic heterocycles. The Morgan fingerprint density at radius 3 is 1.04 bits per heavy atom. The highest BCUT2D eigenvalue weighted by Gasteiger charge is 2.57. The monoisotopic (exact) mass is 1060 g/mol. The second kappa shape index (κ2) is 25.0. The molecule has 20 N–H and O–H groups in total. The second-order valence-corrected chi connectivity index (χ2v) is 18.2. The Balaban J connectivity index is 1.10. The van der Waals surface area contributed by atoms with Gasteiger partial charge < -0.3 is 164 Å². The van der Waals surface area contributed by atoms with Gasteiger partial charge in [-0.1, -0.05) is 0 Å². The minimum atomic E-state index is -2.27. The molecule has 420 valence electrons. The Hall–Kier alpha value is -1.32. The van der Waals surface area contributed by atoms with Gasteiger partial charge in [0.1, 0.15) is 153 Å². The minimum Gasteiger partial charge on any atom is -0.394 e. The van der Waals surface area contributed by atoms with E-state index in [0.717, 1.165) is 0 Å². The molecule has 0 radical (unpaired) electrons. The first-order valence-corrected chi connectivity index (χ1v) is 22.9. The van der Waals surface area contributed by atoms with Crippen LogP contribution in [0.3, 0.4) is 0 Å². The summed E-state index contributed by atoms with van der Waals surface area (Å²) in [5.41, 5.74) is 0. The van der Waals surface area contributed by atoms with E-state index in [1.807, 2.05) is 0 Å². The van der Waals surface area contributed by atoms with Crippen LogP contribution in [-0.4, -0.2) is 345 Å². The van der Waals surface area contributed by atoms with Gasteiger partial charge in [0.25, 0.3) is 0 Å². The van der Waals surface area contributed by atoms with Crippen molar-refractivity contribution in [3.05, 3.63) is 0 Å². The lowest BCUT2D eigenvalue weighted by Crippen LogP contribution is -2.67. The lowest BCUT2D eigenvalue weighted by molar-refractivity contribution is -0.390. The van der Waals surface area contributed by atoms with Crippen LogP contribution in [0.15, 0.2) is 0 Å². The van der Waals surface area contributed by atoms with Crippen molar-refractivity contribution >= 4 is 0 Å². The first-order chi connectivity index (χ1) is 34.2. The van der Waals surface area contributed by atoms with Gasteiger partial charge >= 0.3 is 0 Å². The summed E-state index contributed by atoms with van der Waals surface area (Å²) in [6.45, 7) is -5.89. The fourth-order valence-corrected chi connectivity index (χ4v) is 9.17. The van der Waals surface area contributed by atoms with Crippen molar-refractivity contribution in [1.82, 2.24) is 0 Å². The Morgan fingerprint density at radius 2 is 0.542 bits per heavy atom. The molecule has 0 saturated carbocycles. The number of ether oxygens (including phenoxy) is 13. The molecule has 0 amide bonds. The Labute approximate surface area is 406 Å². The third-order valence-electron chi connectivity index (χ3n) is 13.5. The summed E-state index contributed by atoms with van der Waals surface area (Å²) >= 11 is 0. The number of aliphatic hydroxyl groups excluding tert-OH is 20. The maximum atomic E-state index is 11.7. The number of aliphatic hydroxyl groups is 20. The molecule has 33 heteroatoms. The molecule has 72 heavy (non-hydrogen) atoms. The maximum absolute atomic E-state index is 11.7. The van der Waals surface area contributed by atoms with Gasteiger partial charge in [-0.15, -0.1) is 0 Å². The van der Waals surface area contributed by atoms with Crippen LogP contribution in [0.4, 0.5) is 0 Å². The molecular formula is C39H66O33. The van der Waals surface area contributed by atoms with Crippen LogP contribution in [0.5, 0.6) is 0 Å². The minimum absolute atomic E-state index is 0.713. The van der Waals surface area contributed by atoms with Gasteiger partial charge in [-0.05, 0) is 0 Å². The first-order valence-electron chi connectivity index (χ1n) is 22.9. The van der Waals surface area contributed by atoms with Gasteiger partial charge in [-0.3, -0.25) is 0 Å². The largest absolute Gasteiger partial charge is 0.394 e. The van der Waals surface area contributed by atoms with Crippen molar-refractivity contribution in [3.63, 3.8) is 0 Å². The molecule has 7 heterocycles. The molecule has 7 rings (SSSR count). The van der Waals surface area contributed by atoms with Crippen molar-refractivity contribution in [2.45, 2.75) is 197 Å². The molecule has 7 aliphatic rings. The van der Waals surface area contributed by atoms with Gasteiger partial charge in [0.05, 0.1) is 46.2 Å². The average Bonchev–Trinajstić information content (AvgIpc) is 3.94. The van der Waals surface area contributed by atoms with E-state index in [1.165, 1.54) is 0 Å². The zero-order valence-electron chi connectivity index (χ0n) is 37.7. The first kappa shape index (κ1) is 58.4. The zero-order chi connectivity index (χ0) is 52.6. The van der Waals surface area contributed by atoms with Crippen LogP contribution >= 0.6 is 0 Å².